The topological polar surface area (TPSA) is 185 Å². The lowest BCUT2D eigenvalue weighted by Crippen LogP contribution is -2.18. The summed E-state index contributed by atoms with van der Waals surface area (Å²) in [6, 6.07) is -0.234. The summed E-state index contributed by atoms with van der Waals surface area (Å²) in [5, 5.41) is 23.7. The summed E-state index contributed by atoms with van der Waals surface area (Å²) >= 11 is 0. The van der Waals surface area contributed by atoms with Gasteiger partial charge in [-0.05, 0) is 101 Å². The van der Waals surface area contributed by atoms with Crippen molar-refractivity contribution in [3.8, 4) is 0 Å². The summed E-state index contributed by atoms with van der Waals surface area (Å²) in [7, 11) is 0. The Morgan fingerprint density at radius 2 is 1.33 bits per heavy atom. The van der Waals surface area contributed by atoms with Crippen molar-refractivity contribution in [1.29, 1.82) is 0 Å². The minimum Gasteiger partial charge on any atom is -0.358 e. The molecule has 0 aromatic carbocycles. The first-order valence-electron chi connectivity index (χ1n) is 16.5. The summed E-state index contributed by atoms with van der Waals surface area (Å²) in [6.07, 6.45) is 12.0. The van der Waals surface area contributed by atoms with Gasteiger partial charge in [-0.2, -0.15) is 0 Å². The first kappa shape index (κ1) is 36.8. The lowest BCUT2D eigenvalue weighted by molar-refractivity contribution is -0.129. The quantitative estimate of drug-likeness (QED) is 0.0754. The average molecular weight is 671 g/mol. The van der Waals surface area contributed by atoms with Crippen molar-refractivity contribution in [1.82, 2.24) is 26.6 Å². The molecule has 0 saturated carbocycles. The number of amides is 4. The maximum atomic E-state index is 12.4. The molecule has 7 N–H and O–H groups in total. The molecule has 1 aromatic rings. The van der Waals surface area contributed by atoms with Gasteiger partial charge in [-0.3, -0.25) is 34.6 Å². The Balaban J connectivity index is 1.72. The average Bonchev–Trinajstić information content (AvgIpc) is 3.73. The minimum absolute atomic E-state index is 0.167. The highest BCUT2D eigenvalue weighted by atomic mass is 16.5. The second-order valence-corrected chi connectivity index (χ2v) is 12.5. The molecule has 0 spiro atoms. The van der Waals surface area contributed by atoms with Gasteiger partial charge < -0.3 is 15.6 Å². The van der Waals surface area contributed by atoms with Gasteiger partial charge in [0.2, 0.25) is 11.8 Å². The summed E-state index contributed by atoms with van der Waals surface area (Å²) in [6.45, 7) is 15.3. The number of H-pyrrole nitrogens is 1. The molecule has 260 valence electrons. The van der Waals surface area contributed by atoms with E-state index in [1.807, 2.05) is 26.0 Å². The van der Waals surface area contributed by atoms with Gasteiger partial charge in [0.1, 0.15) is 0 Å². The number of nitrogens with one attached hydrogen (secondary N) is 5. The number of hydrogen-bond acceptors (Lipinski definition) is 7. The molecule has 1 aromatic heterocycles. The number of aromatic nitrogens is 1. The summed E-state index contributed by atoms with van der Waals surface area (Å²) in [5.74, 6) is -1.20. The normalized spacial score (nSPS) is 19.2. The van der Waals surface area contributed by atoms with Crippen LogP contribution in [0.25, 0.3) is 6.08 Å². The van der Waals surface area contributed by atoms with E-state index >= 15 is 0 Å². The highest BCUT2D eigenvalue weighted by Crippen LogP contribution is 2.34. The van der Waals surface area contributed by atoms with Crippen molar-refractivity contribution >= 4 is 35.4 Å². The van der Waals surface area contributed by atoms with Gasteiger partial charge in [-0.15, -0.1) is 0 Å². The zero-order chi connectivity index (χ0) is 35.8. The molecule has 1 unspecified atom stereocenters. The number of carbonyl (C=O) groups excluding carboxylic acids is 4. The van der Waals surface area contributed by atoms with E-state index in [0.717, 1.165) is 50.5 Å². The van der Waals surface area contributed by atoms with E-state index in [-0.39, 0.29) is 30.7 Å². The van der Waals surface area contributed by atoms with Crippen LogP contribution in [-0.2, 0) is 32.0 Å². The van der Waals surface area contributed by atoms with Crippen molar-refractivity contribution in [3.05, 3.63) is 98.7 Å². The number of aromatic amines is 1. The maximum Gasteiger partial charge on any atom is 0.251 e. The van der Waals surface area contributed by atoms with E-state index in [2.05, 4.69) is 28.8 Å². The molecule has 1 atom stereocenters. The molecule has 4 heterocycles. The van der Waals surface area contributed by atoms with Crippen molar-refractivity contribution in [2.75, 3.05) is 0 Å². The Morgan fingerprint density at radius 1 is 0.796 bits per heavy atom. The zero-order valence-electron chi connectivity index (χ0n) is 28.6. The molecular weight excluding hydrogens is 624 g/mol. The first-order valence-corrected chi connectivity index (χ1v) is 16.5. The van der Waals surface area contributed by atoms with E-state index in [0.29, 0.717) is 67.5 Å². The van der Waals surface area contributed by atoms with Gasteiger partial charge in [-0.1, -0.05) is 25.3 Å². The molecule has 3 aliphatic rings. The third-order valence-electron chi connectivity index (χ3n) is 9.44. The summed E-state index contributed by atoms with van der Waals surface area (Å²) in [4.78, 5) is 56.9. The van der Waals surface area contributed by atoms with Gasteiger partial charge >= 0.3 is 0 Å². The third kappa shape index (κ3) is 8.33. The van der Waals surface area contributed by atoms with Gasteiger partial charge in [0, 0.05) is 52.9 Å². The number of aliphatic imine (C=N–C) groups is 1. The molecule has 0 saturated heterocycles. The van der Waals surface area contributed by atoms with Crippen LogP contribution < -0.4 is 21.6 Å². The van der Waals surface area contributed by atoms with E-state index < -0.39 is 11.8 Å². The Labute approximate surface area is 286 Å². The largest absolute Gasteiger partial charge is 0.358 e. The highest BCUT2D eigenvalue weighted by Gasteiger charge is 2.29. The van der Waals surface area contributed by atoms with E-state index in [1.165, 1.54) is 0 Å². The van der Waals surface area contributed by atoms with Crippen LogP contribution in [0, 0.1) is 6.92 Å². The Morgan fingerprint density at radius 3 is 1.86 bits per heavy atom. The van der Waals surface area contributed by atoms with Gasteiger partial charge in [0.25, 0.3) is 11.8 Å². The predicted octanol–water partition coefficient (Wildman–Crippen LogP) is 4.78. The first-order chi connectivity index (χ1) is 23.4. The van der Waals surface area contributed by atoms with Crippen LogP contribution >= 0.6 is 0 Å². The standard InChI is InChI=1S/C37H46N6O6/c1-7-24-22(5)36(46)40-30(24)17-28-20(3)26(13-9-11-15-34(44)42-48)32(38-28)19-33-27(14-10-12-16-35(45)43-49)21(4)29(39-33)18-31-25(8-2)23(6)37(47)41-31/h7-8,17-18,32,39,48-49H,1-2,9-16,19H2,3-6H3,(H,40,46)(H,41,47)(H,42,44)(H,43,45)/b30-17-,31-18-. The lowest BCUT2D eigenvalue weighted by Gasteiger charge is -2.15. The van der Waals surface area contributed by atoms with Crippen molar-refractivity contribution in [2.45, 2.75) is 91.5 Å². The highest BCUT2D eigenvalue weighted by molar-refractivity contribution is 6.12. The molecule has 0 radical (unpaired) electrons. The fourth-order valence-electron chi connectivity index (χ4n) is 6.55. The molecule has 4 amide bonds. The molecule has 0 aliphatic carbocycles. The summed E-state index contributed by atoms with van der Waals surface area (Å²) in [5.41, 5.74) is 14.1. The van der Waals surface area contributed by atoms with Crippen molar-refractivity contribution in [3.63, 3.8) is 0 Å². The van der Waals surface area contributed by atoms with Crippen molar-refractivity contribution < 1.29 is 29.6 Å². The predicted molar refractivity (Wildman–Crippen MR) is 187 cm³/mol. The Bertz CT molecular complexity index is 1770. The van der Waals surface area contributed by atoms with E-state index in [4.69, 9.17) is 15.4 Å². The van der Waals surface area contributed by atoms with Gasteiger partial charge in [0.05, 0.1) is 23.1 Å². The van der Waals surface area contributed by atoms with Crippen LogP contribution in [0.2, 0.25) is 0 Å². The van der Waals surface area contributed by atoms with Crippen LogP contribution in [0.1, 0.15) is 88.2 Å². The molecule has 49 heavy (non-hydrogen) atoms. The van der Waals surface area contributed by atoms with Gasteiger partial charge in [0.15, 0.2) is 0 Å². The molecule has 0 bridgehead atoms. The second-order valence-electron chi connectivity index (χ2n) is 12.5. The fourth-order valence-corrected chi connectivity index (χ4v) is 6.55. The SMILES string of the molecule is C=CC1=C(C)C(=O)N/C1=C\C1=NC(Cc2[nH]c(/C=C3\NC(=O)C(C)=C3C=C)c(C)c2CCCCC(=O)NO)C(CCCCC(=O)NO)=C1C. The molecule has 12 heteroatoms. The number of hydrogen-bond donors (Lipinski definition) is 7. The molecule has 0 fully saturated rings. The van der Waals surface area contributed by atoms with Crippen LogP contribution in [0.4, 0.5) is 0 Å². The van der Waals surface area contributed by atoms with Crippen LogP contribution in [0.15, 0.2) is 81.2 Å². The number of nitrogens with zero attached hydrogens (tertiary/aromatic N) is 1. The Kier molecular flexibility index (Phi) is 12.3. The van der Waals surface area contributed by atoms with Gasteiger partial charge in [-0.25, -0.2) is 11.0 Å². The number of carbonyl (C=O) groups is 4. The zero-order valence-corrected chi connectivity index (χ0v) is 28.6. The van der Waals surface area contributed by atoms with Crippen molar-refractivity contribution in [2.24, 2.45) is 4.99 Å². The number of rotatable bonds is 16. The number of unbranched alkanes of at least 4 members (excludes halogenated alkanes) is 2. The van der Waals surface area contributed by atoms with E-state index in [1.54, 1.807) is 37.0 Å². The number of allylic oxidation sites excluding steroid dienone is 4. The minimum atomic E-state index is -0.431. The molecule has 3 aliphatic heterocycles. The Hall–Kier alpha value is -5.07. The fraction of sp³-hybridized carbons (Fsp3) is 0.378. The maximum absolute atomic E-state index is 12.4. The molecule has 12 nitrogen and oxygen atoms in total. The van der Waals surface area contributed by atoms with Crippen LogP contribution in [-0.4, -0.2) is 50.8 Å². The smallest absolute Gasteiger partial charge is 0.251 e. The van der Waals surface area contributed by atoms with Crippen LogP contribution in [0.3, 0.4) is 0 Å². The molecule has 4 rings (SSSR count). The monoisotopic (exact) mass is 670 g/mol. The molecular formula is C37H46N6O6. The number of hydroxylamine groups is 2. The third-order valence-corrected chi connectivity index (χ3v) is 9.44. The summed E-state index contributed by atoms with van der Waals surface area (Å²) < 4.78 is 0. The lowest BCUT2D eigenvalue weighted by atomic mass is 9.92. The van der Waals surface area contributed by atoms with Crippen LogP contribution in [0.5, 0.6) is 0 Å². The second kappa shape index (κ2) is 16.4. The van der Waals surface area contributed by atoms with E-state index in [9.17, 15) is 19.2 Å².